The fourth-order valence-electron chi connectivity index (χ4n) is 2.50. The van der Waals surface area contributed by atoms with Crippen LogP contribution < -0.4 is 5.32 Å². The molecule has 1 saturated heterocycles. The van der Waals surface area contributed by atoms with Crippen LogP contribution in [0.3, 0.4) is 0 Å². The molecule has 1 heterocycles. The molecule has 1 aromatic rings. The first-order valence-corrected chi connectivity index (χ1v) is 7.74. The summed E-state index contributed by atoms with van der Waals surface area (Å²) < 4.78 is 0. The molecule has 1 aromatic carbocycles. The predicted molar refractivity (Wildman–Crippen MR) is 83.1 cm³/mol. The van der Waals surface area contributed by atoms with E-state index in [2.05, 4.69) is 5.32 Å². The molecule has 0 aliphatic carbocycles. The molecular weight excluding hydrogens is 288 g/mol. The fraction of sp³-hybridized carbons (Fsp3) is 0.500. The molecule has 5 heteroatoms. The smallest absolute Gasteiger partial charge is 0.222 e. The van der Waals surface area contributed by atoms with Crippen LogP contribution in [0.2, 0.25) is 5.02 Å². The Bertz CT molecular complexity index is 531. The molecule has 2 amide bonds. The van der Waals surface area contributed by atoms with E-state index in [1.54, 1.807) is 0 Å². The Morgan fingerprint density at radius 1 is 1.43 bits per heavy atom. The number of nitrogens with one attached hydrogen (secondary N) is 1. The van der Waals surface area contributed by atoms with E-state index >= 15 is 0 Å². The maximum Gasteiger partial charge on any atom is 0.222 e. The summed E-state index contributed by atoms with van der Waals surface area (Å²) in [5.74, 6) is 0.228. The molecule has 1 aliphatic rings. The van der Waals surface area contributed by atoms with Gasteiger partial charge in [0.25, 0.3) is 0 Å². The van der Waals surface area contributed by atoms with Gasteiger partial charge in [0.2, 0.25) is 11.8 Å². The van der Waals surface area contributed by atoms with Crippen LogP contribution in [-0.4, -0.2) is 29.8 Å². The van der Waals surface area contributed by atoms with E-state index in [1.165, 1.54) is 0 Å². The minimum absolute atomic E-state index is 0.0148. The number of halogens is 1. The van der Waals surface area contributed by atoms with Gasteiger partial charge in [0.1, 0.15) is 0 Å². The van der Waals surface area contributed by atoms with E-state index in [0.717, 1.165) is 24.1 Å². The third-order valence-electron chi connectivity index (χ3n) is 3.86. The van der Waals surface area contributed by atoms with Crippen LogP contribution in [0.4, 0.5) is 0 Å². The first kappa shape index (κ1) is 15.8. The molecular formula is C16H21ClN2O2. The Morgan fingerprint density at radius 3 is 2.95 bits per heavy atom. The van der Waals surface area contributed by atoms with Crippen LogP contribution in [0.25, 0.3) is 0 Å². The Labute approximate surface area is 130 Å². The Hall–Kier alpha value is -1.55. The molecule has 0 bridgehead atoms. The van der Waals surface area contributed by atoms with E-state index in [9.17, 15) is 9.59 Å². The van der Waals surface area contributed by atoms with Crippen molar-refractivity contribution in [1.82, 2.24) is 10.2 Å². The van der Waals surface area contributed by atoms with Crippen molar-refractivity contribution < 1.29 is 9.59 Å². The van der Waals surface area contributed by atoms with Gasteiger partial charge < -0.3 is 10.2 Å². The topological polar surface area (TPSA) is 49.4 Å². The van der Waals surface area contributed by atoms with Crippen molar-refractivity contribution in [3.8, 4) is 0 Å². The molecule has 0 unspecified atom stereocenters. The lowest BCUT2D eigenvalue weighted by atomic mass is 10.1. The molecule has 114 valence electrons. The number of likely N-dealkylation sites (tertiary alicyclic amines) is 1. The summed E-state index contributed by atoms with van der Waals surface area (Å²) in [6, 6.07) is 5.69. The molecule has 0 aromatic heterocycles. The Balaban J connectivity index is 1.70. The quantitative estimate of drug-likeness (QED) is 0.878. The molecule has 21 heavy (non-hydrogen) atoms. The zero-order valence-corrected chi connectivity index (χ0v) is 13.1. The normalized spacial score (nSPS) is 14.6. The fourth-order valence-corrected chi connectivity index (χ4v) is 2.69. The second kappa shape index (κ2) is 7.46. The van der Waals surface area contributed by atoms with Crippen molar-refractivity contribution in [2.75, 3.05) is 13.1 Å². The molecule has 4 nitrogen and oxygen atoms in total. The van der Waals surface area contributed by atoms with Crippen LogP contribution >= 0.6 is 11.6 Å². The second-order valence-electron chi connectivity index (χ2n) is 5.39. The highest BCUT2D eigenvalue weighted by atomic mass is 35.5. The number of nitrogens with zero attached hydrogens (tertiary/aromatic N) is 1. The van der Waals surface area contributed by atoms with Gasteiger partial charge in [-0.1, -0.05) is 23.7 Å². The molecule has 0 spiro atoms. The number of hydrogen-bond donors (Lipinski definition) is 1. The van der Waals surface area contributed by atoms with Gasteiger partial charge in [0.15, 0.2) is 0 Å². The molecule has 0 saturated carbocycles. The lowest BCUT2D eigenvalue weighted by molar-refractivity contribution is -0.128. The van der Waals surface area contributed by atoms with E-state index in [0.29, 0.717) is 37.4 Å². The van der Waals surface area contributed by atoms with Gasteiger partial charge in [-0.25, -0.2) is 0 Å². The number of rotatable bonds is 6. The maximum atomic E-state index is 11.8. The van der Waals surface area contributed by atoms with Crippen LogP contribution in [0.15, 0.2) is 18.2 Å². The lowest BCUT2D eigenvalue weighted by Gasteiger charge is -2.15. The van der Waals surface area contributed by atoms with Crippen LogP contribution in [0.1, 0.15) is 36.8 Å². The average Bonchev–Trinajstić information content (AvgIpc) is 2.86. The van der Waals surface area contributed by atoms with E-state index in [-0.39, 0.29) is 11.8 Å². The van der Waals surface area contributed by atoms with E-state index in [4.69, 9.17) is 11.6 Å². The van der Waals surface area contributed by atoms with Crippen LogP contribution in [0, 0.1) is 6.92 Å². The summed E-state index contributed by atoms with van der Waals surface area (Å²) >= 11 is 6.05. The SMILES string of the molecule is Cc1c(Cl)cccc1CNC(=O)CCCN1CCCC1=O. The summed E-state index contributed by atoms with van der Waals surface area (Å²) in [5, 5.41) is 3.62. The predicted octanol–water partition coefficient (Wildman–Crippen LogP) is 2.67. The molecule has 1 fully saturated rings. The number of amides is 2. The van der Waals surface area contributed by atoms with Crippen molar-refractivity contribution in [2.45, 2.75) is 39.2 Å². The number of carbonyl (C=O) groups excluding carboxylic acids is 2. The summed E-state index contributed by atoms with van der Waals surface area (Å²) in [6.07, 6.45) is 2.76. The standard InChI is InChI=1S/C16H21ClN2O2/c1-12-13(5-2-6-14(12)17)11-18-15(20)7-3-9-19-10-4-8-16(19)21/h2,5-6H,3-4,7-11H2,1H3,(H,18,20). The highest BCUT2D eigenvalue weighted by molar-refractivity contribution is 6.31. The highest BCUT2D eigenvalue weighted by Crippen LogP contribution is 2.18. The lowest BCUT2D eigenvalue weighted by Crippen LogP contribution is -2.28. The Morgan fingerprint density at radius 2 is 2.24 bits per heavy atom. The van der Waals surface area contributed by atoms with Crippen molar-refractivity contribution in [1.29, 1.82) is 0 Å². The minimum atomic E-state index is 0.0148. The third-order valence-corrected chi connectivity index (χ3v) is 4.27. The van der Waals surface area contributed by atoms with E-state index in [1.807, 2.05) is 30.0 Å². The molecule has 1 aliphatic heterocycles. The van der Waals surface area contributed by atoms with Gasteiger partial charge in [-0.3, -0.25) is 9.59 Å². The first-order valence-electron chi connectivity index (χ1n) is 7.36. The Kier molecular flexibility index (Phi) is 5.62. The average molecular weight is 309 g/mol. The summed E-state index contributed by atoms with van der Waals surface area (Å²) in [7, 11) is 0. The second-order valence-corrected chi connectivity index (χ2v) is 5.80. The summed E-state index contributed by atoms with van der Waals surface area (Å²) in [4.78, 5) is 25.1. The van der Waals surface area contributed by atoms with Gasteiger partial charge in [-0.2, -0.15) is 0 Å². The summed E-state index contributed by atoms with van der Waals surface area (Å²) in [5.41, 5.74) is 2.03. The number of benzene rings is 1. The zero-order chi connectivity index (χ0) is 15.2. The van der Waals surface area contributed by atoms with Gasteiger partial charge in [-0.15, -0.1) is 0 Å². The van der Waals surface area contributed by atoms with Crippen molar-refractivity contribution in [2.24, 2.45) is 0 Å². The highest BCUT2D eigenvalue weighted by Gasteiger charge is 2.19. The van der Waals surface area contributed by atoms with Crippen molar-refractivity contribution in [3.63, 3.8) is 0 Å². The maximum absolute atomic E-state index is 11.8. The van der Waals surface area contributed by atoms with Crippen molar-refractivity contribution >= 4 is 23.4 Å². The van der Waals surface area contributed by atoms with Gasteiger partial charge >= 0.3 is 0 Å². The molecule has 2 rings (SSSR count). The van der Waals surface area contributed by atoms with Gasteiger partial charge in [-0.05, 0) is 37.0 Å². The van der Waals surface area contributed by atoms with Crippen LogP contribution in [-0.2, 0) is 16.1 Å². The van der Waals surface area contributed by atoms with Crippen molar-refractivity contribution in [3.05, 3.63) is 34.3 Å². The molecule has 1 N–H and O–H groups in total. The first-order chi connectivity index (χ1) is 10.1. The number of carbonyl (C=O) groups is 2. The molecule has 0 radical (unpaired) electrons. The largest absolute Gasteiger partial charge is 0.352 e. The number of hydrogen-bond acceptors (Lipinski definition) is 2. The van der Waals surface area contributed by atoms with Crippen LogP contribution in [0.5, 0.6) is 0 Å². The van der Waals surface area contributed by atoms with E-state index < -0.39 is 0 Å². The van der Waals surface area contributed by atoms with Gasteiger partial charge in [0, 0.05) is 37.5 Å². The summed E-state index contributed by atoms with van der Waals surface area (Å²) in [6.45, 7) is 3.96. The monoisotopic (exact) mass is 308 g/mol. The minimum Gasteiger partial charge on any atom is -0.352 e. The zero-order valence-electron chi connectivity index (χ0n) is 12.3. The third kappa shape index (κ3) is 4.46. The molecule has 0 atom stereocenters. The van der Waals surface area contributed by atoms with Gasteiger partial charge in [0.05, 0.1) is 0 Å².